The summed E-state index contributed by atoms with van der Waals surface area (Å²) in [5, 5.41) is 5.99. The summed E-state index contributed by atoms with van der Waals surface area (Å²) in [7, 11) is 0. The fourth-order valence-corrected chi connectivity index (χ4v) is 1.99. The van der Waals surface area contributed by atoms with Crippen LogP contribution in [-0.4, -0.2) is 48.9 Å². The van der Waals surface area contributed by atoms with Crippen molar-refractivity contribution in [1.29, 1.82) is 0 Å². The van der Waals surface area contributed by atoms with E-state index in [1.165, 1.54) is 0 Å². The second-order valence-corrected chi connectivity index (χ2v) is 4.50. The molecule has 0 aromatic heterocycles. The minimum Gasteiger partial charge on any atom is -0.345 e. The maximum Gasteiger partial charge on any atom is 0.311 e. The average molecular weight is 225 g/mol. The molecule has 1 heterocycles. The number of carbonyl (C=O) groups is 2. The fourth-order valence-electron chi connectivity index (χ4n) is 1.99. The molecular weight excluding hydrogens is 206 g/mol. The normalized spacial score (nSPS) is 22.1. The van der Waals surface area contributed by atoms with Gasteiger partial charge in [0.2, 0.25) is 0 Å². The second kappa shape index (κ2) is 5.30. The molecule has 2 N–H and O–H groups in total. The predicted molar refractivity (Wildman–Crippen MR) is 59.8 cm³/mol. The second-order valence-electron chi connectivity index (χ2n) is 4.50. The molecule has 0 aromatic rings. The first-order chi connectivity index (χ1) is 7.77. The lowest BCUT2D eigenvalue weighted by Gasteiger charge is -2.27. The number of hydrogen-bond donors (Lipinski definition) is 2. The van der Waals surface area contributed by atoms with Gasteiger partial charge in [0.15, 0.2) is 0 Å². The van der Waals surface area contributed by atoms with Crippen molar-refractivity contribution in [2.45, 2.75) is 31.7 Å². The Balaban J connectivity index is 1.81. The van der Waals surface area contributed by atoms with E-state index in [2.05, 4.69) is 10.6 Å². The zero-order valence-corrected chi connectivity index (χ0v) is 9.50. The van der Waals surface area contributed by atoms with Gasteiger partial charge in [0, 0.05) is 25.7 Å². The van der Waals surface area contributed by atoms with Crippen molar-refractivity contribution < 1.29 is 9.59 Å². The zero-order valence-electron chi connectivity index (χ0n) is 9.50. The number of rotatable bonds is 1. The first-order valence-electron chi connectivity index (χ1n) is 6.08. The monoisotopic (exact) mass is 225 g/mol. The van der Waals surface area contributed by atoms with Crippen LogP contribution in [0.3, 0.4) is 0 Å². The van der Waals surface area contributed by atoms with Crippen LogP contribution in [0.25, 0.3) is 0 Å². The summed E-state index contributed by atoms with van der Waals surface area (Å²) in [5.74, 6) is -0.790. The van der Waals surface area contributed by atoms with Crippen molar-refractivity contribution in [2.24, 2.45) is 0 Å². The molecule has 2 rings (SSSR count). The zero-order chi connectivity index (χ0) is 11.4. The van der Waals surface area contributed by atoms with Crippen LogP contribution in [0.4, 0.5) is 0 Å². The molecule has 16 heavy (non-hydrogen) atoms. The molecule has 1 saturated heterocycles. The molecule has 0 atom stereocenters. The van der Waals surface area contributed by atoms with Crippen LogP contribution in [0.2, 0.25) is 0 Å². The van der Waals surface area contributed by atoms with E-state index in [0.717, 1.165) is 38.8 Å². The third-order valence-electron chi connectivity index (χ3n) is 3.26. The summed E-state index contributed by atoms with van der Waals surface area (Å²) in [6, 6.07) is 0.238. The van der Waals surface area contributed by atoms with Gasteiger partial charge in [-0.1, -0.05) is 0 Å². The van der Waals surface area contributed by atoms with Crippen LogP contribution in [0.15, 0.2) is 0 Å². The minimum absolute atomic E-state index is 0.238. The first kappa shape index (κ1) is 11.4. The van der Waals surface area contributed by atoms with Crippen molar-refractivity contribution in [3.05, 3.63) is 0 Å². The summed E-state index contributed by atoms with van der Waals surface area (Å²) in [4.78, 5) is 25.1. The van der Waals surface area contributed by atoms with Crippen molar-refractivity contribution in [3.8, 4) is 0 Å². The highest BCUT2D eigenvalue weighted by molar-refractivity contribution is 6.35. The Kier molecular flexibility index (Phi) is 3.77. The molecule has 90 valence electrons. The molecule has 1 saturated carbocycles. The minimum atomic E-state index is -0.424. The van der Waals surface area contributed by atoms with Crippen LogP contribution in [0.5, 0.6) is 0 Å². The molecule has 0 bridgehead atoms. The smallest absolute Gasteiger partial charge is 0.311 e. The molecule has 0 aromatic carbocycles. The molecular formula is C11H19N3O2. The van der Waals surface area contributed by atoms with E-state index < -0.39 is 5.91 Å². The molecule has 5 nitrogen and oxygen atoms in total. The number of hydrogen-bond acceptors (Lipinski definition) is 3. The fraction of sp³-hybridized carbons (Fsp3) is 0.818. The summed E-state index contributed by atoms with van der Waals surface area (Å²) < 4.78 is 0. The van der Waals surface area contributed by atoms with Gasteiger partial charge < -0.3 is 15.5 Å². The van der Waals surface area contributed by atoms with Gasteiger partial charge in [0.05, 0.1) is 0 Å². The molecule has 2 aliphatic rings. The van der Waals surface area contributed by atoms with Gasteiger partial charge in [-0.25, -0.2) is 0 Å². The molecule has 1 aliphatic heterocycles. The maximum atomic E-state index is 11.8. The maximum absolute atomic E-state index is 11.8. The van der Waals surface area contributed by atoms with Gasteiger partial charge in [-0.05, 0) is 32.2 Å². The summed E-state index contributed by atoms with van der Waals surface area (Å²) in [6.45, 7) is 3.03. The third-order valence-corrected chi connectivity index (χ3v) is 3.26. The SMILES string of the molecule is O=C(NC1CCC1)C(=O)N1CCCNCC1. The molecule has 1 aliphatic carbocycles. The van der Waals surface area contributed by atoms with E-state index in [0.29, 0.717) is 13.1 Å². The molecule has 0 spiro atoms. The third kappa shape index (κ3) is 2.72. The van der Waals surface area contributed by atoms with E-state index >= 15 is 0 Å². The van der Waals surface area contributed by atoms with Crippen molar-refractivity contribution in [3.63, 3.8) is 0 Å². The molecule has 0 radical (unpaired) electrons. The Bertz CT molecular complexity index is 268. The Morgan fingerprint density at radius 3 is 2.62 bits per heavy atom. The predicted octanol–water partition coefficient (Wildman–Crippen LogP) is -0.523. The van der Waals surface area contributed by atoms with Crippen molar-refractivity contribution in [1.82, 2.24) is 15.5 Å². The van der Waals surface area contributed by atoms with Gasteiger partial charge in [-0.15, -0.1) is 0 Å². The standard InChI is InChI=1S/C11H19N3O2/c15-10(13-9-3-1-4-9)11(16)14-7-2-5-12-6-8-14/h9,12H,1-8H2,(H,13,15). The Morgan fingerprint density at radius 1 is 1.12 bits per heavy atom. The number of nitrogens with zero attached hydrogens (tertiary/aromatic N) is 1. The van der Waals surface area contributed by atoms with Gasteiger partial charge in [0.25, 0.3) is 0 Å². The highest BCUT2D eigenvalue weighted by Gasteiger charge is 2.26. The number of amides is 2. The van der Waals surface area contributed by atoms with Crippen LogP contribution in [0, 0.1) is 0 Å². The first-order valence-corrected chi connectivity index (χ1v) is 6.08. The number of carbonyl (C=O) groups excluding carboxylic acids is 2. The number of nitrogens with one attached hydrogen (secondary N) is 2. The van der Waals surface area contributed by atoms with Crippen LogP contribution < -0.4 is 10.6 Å². The summed E-state index contributed by atoms with van der Waals surface area (Å²) in [6.07, 6.45) is 4.11. The van der Waals surface area contributed by atoms with E-state index in [1.807, 2.05) is 0 Å². The van der Waals surface area contributed by atoms with E-state index in [4.69, 9.17) is 0 Å². The van der Waals surface area contributed by atoms with Crippen LogP contribution in [0.1, 0.15) is 25.7 Å². The molecule has 5 heteroatoms. The summed E-state index contributed by atoms with van der Waals surface area (Å²) >= 11 is 0. The molecule has 0 unspecified atom stereocenters. The van der Waals surface area contributed by atoms with Crippen LogP contribution in [-0.2, 0) is 9.59 Å². The van der Waals surface area contributed by atoms with Gasteiger partial charge in [-0.3, -0.25) is 9.59 Å². The highest BCUT2D eigenvalue weighted by Crippen LogP contribution is 2.17. The Labute approximate surface area is 95.6 Å². The quantitative estimate of drug-likeness (QED) is 0.590. The van der Waals surface area contributed by atoms with Crippen molar-refractivity contribution in [2.75, 3.05) is 26.2 Å². The lowest BCUT2D eigenvalue weighted by atomic mass is 9.93. The van der Waals surface area contributed by atoms with E-state index in [1.54, 1.807) is 4.90 Å². The molecule has 2 fully saturated rings. The molecule has 2 amide bonds. The van der Waals surface area contributed by atoms with Gasteiger partial charge in [-0.2, -0.15) is 0 Å². The lowest BCUT2D eigenvalue weighted by molar-refractivity contribution is -0.146. The highest BCUT2D eigenvalue weighted by atomic mass is 16.2. The average Bonchev–Trinajstić information content (AvgIpc) is 2.50. The van der Waals surface area contributed by atoms with Crippen molar-refractivity contribution >= 4 is 11.8 Å². The Hall–Kier alpha value is -1.10. The summed E-state index contributed by atoms with van der Waals surface area (Å²) in [5.41, 5.74) is 0. The lowest BCUT2D eigenvalue weighted by Crippen LogP contribution is -2.49. The topological polar surface area (TPSA) is 61.4 Å². The van der Waals surface area contributed by atoms with Crippen LogP contribution >= 0.6 is 0 Å². The largest absolute Gasteiger partial charge is 0.345 e. The van der Waals surface area contributed by atoms with Gasteiger partial charge >= 0.3 is 11.8 Å². The Morgan fingerprint density at radius 2 is 1.94 bits per heavy atom. The van der Waals surface area contributed by atoms with Gasteiger partial charge in [0.1, 0.15) is 0 Å². The van der Waals surface area contributed by atoms with E-state index in [-0.39, 0.29) is 11.9 Å². The van der Waals surface area contributed by atoms with E-state index in [9.17, 15) is 9.59 Å².